The zero-order chi connectivity index (χ0) is 16.8. The summed E-state index contributed by atoms with van der Waals surface area (Å²) in [7, 11) is -2.05. The van der Waals surface area contributed by atoms with Gasteiger partial charge < -0.3 is 15.1 Å². The third-order valence-corrected chi connectivity index (χ3v) is 5.69. The van der Waals surface area contributed by atoms with Crippen molar-refractivity contribution in [2.24, 2.45) is 0 Å². The summed E-state index contributed by atoms with van der Waals surface area (Å²) in [5.41, 5.74) is 0.943. The first kappa shape index (κ1) is 14.8. The first-order valence-electron chi connectivity index (χ1n) is 7.36. The summed E-state index contributed by atoms with van der Waals surface area (Å²) in [4.78, 5) is 23.2. The summed E-state index contributed by atoms with van der Waals surface area (Å²) in [6.07, 6.45) is 0. The maximum atomic E-state index is 12.6. The van der Waals surface area contributed by atoms with Crippen molar-refractivity contribution in [2.45, 2.75) is 0 Å². The first-order chi connectivity index (χ1) is 11.6. The van der Waals surface area contributed by atoms with Gasteiger partial charge in [0.15, 0.2) is 0 Å². The van der Waals surface area contributed by atoms with Crippen molar-refractivity contribution in [3.8, 4) is 22.6 Å². The number of benzene rings is 3. The van der Waals surface area contributed by atoms with E-state index in [0.29, 0.717) is 21.6 Å². The van der Waals surface area contributed by atoms with Crippen LogP contribution in [0.1, 0.15) is 0 Å². The van der Waals surface area contributed by atoms with Gasteiger partial charge in [-0.15, -0.1) is 0 Å². The molecule has 0 radical (unpaired) electrons. The molecule has 0 aliphatic rings. The Hall–Kier alpha value is -2.81. The van der Waals surface area contributed by atoms with Gasteiger partial charge in [0.25, 0.3) is 0 Å². The van der Waals surface area contributed by atoms with E-state index in [-0.39, 0.29) is 16.7 Å². The molecule has 0 aliphatic carbocycles. The van der Waals surface area contributed by atoms with Crippen LogP contribution in [0, 0.1) is 0 Å². The van der Waals surface area contributed by atoms with Crippen molar-refractivity contribution in [2.75, 3.05) is 0 Å². The van der Waals surface area contributed by atoms with E-state index in [4.69, 9.17) is 0 Å². The fourth-order valence-electron chi connectivity index (χ4n) is 3.07. The molecule has 0 aliphatic heterocycles. The Balaban J connectivity index is 2.24. The van der Waals surface area contributed by atoms with E-state index in [1.807, 2.05) is 24.3 Å². The molecule has 1 aromatic heterocycles. The maximum Gasteiger partial charge on any atom is 0.230 e. The highest BCUT2D eigenvalue weighted by atomic mass is 31.1. The van der Waals surface area contributed by atoms with Crippen molar-refractivity contribution in [3.63, 3.8) is 0 Å². The molecule has 0 amide bonds. The Labute approximate surface area is 138 Å². The molecule has 1 atom stereocenters. The summed E-state index contributed by atoms with van der Waals surface area (Å²) in [6.45, 7) is 0. The van der Waals surface area contributed by atoms with E-state index in [1.165, 1.54) is 18.2 Å². The lowest BCUT2D eigenvalue weighted by molar-refractivity contribution is 0.462. The van der Waals surface area contributed by atoms with E-state index < -0.39 is 7.76 Å². The second-order valence-corrected chi connectivity index (χ2v) is 7.04. The number of rotatable bonds is 1. The minimum Gasteiger partial charge on any atom is -0.508 e. The monoisotopic (exact) mass is 336 g/mol. The molecule has 3 aromatic carbocycles. The smallest absolute Gasteiger partial charge is 0.230 e. The van der Waals surface area contributed by atoms with Crippen LogP contribution in [-0.4, -0.2) is 15.1 Å². The summed E-state index contributed by atoms with van der Waals surface area (Å²) >= 11 is 0. The van der Waals surface area contributed by atoms with Crippen LogP contribution in [-0.2, 0) is 0 Å². The van der Waals surface area contributed by atoms with Crippen molar-refractivity contribution in [1.29, 1.82) is 0 Å². The molecule has 0 fully saturated rings. The average molecular weight is 336 g/mol. The molecule has 4 aromatic rings. The van der Waals surface area contributed by atoms with Crippen LogP contribution in [0.4, 0.5) is 0 Å². The molecule has 0 saturated heterocycles. The summed E-state index contributed by atoms with van der Waals surface area (Å²) in [5, 5.41) is 22.2. The van der Waals surface area contributed by atoms with Gasteiger partial charge >= 0.3 is 0 Å². The van der Waals surface area contributed by atoms with E-state index in [0.717, 1.165) is 10.8 Å². The Bertz CT molecular complexity index is 1160. The third-order valence-electron chi connectivity index (χ3n) is 4.16. The second kappa shape index (κ2) is 5.38. The van der Waals surface area contributed by atoms with Gasteiger partial charge in [0.1, 0.15) is 11.5 Å². The van der Waals surface area contributed by atoms with E-state index in [2.05, 4.69) is 0 Å². The third kappa shape index (κ3) is 2.08. The Morgan fingerprint density at radius 2 is 1.46 bits per heavy atom. The highest BCUT2D eigenvalue weighted by molar-refractivity contribution is 7.49. The topological polar surface area (TPSA) is 77.8 Å². The number of fused-ring (bicyclic) bond motifs is 3. The van der Waals surface area contributed by atoms with Gasteiger partial charge in [-0.1, -0.05) is 36.4 Å². The zero-order valence-corrected chi connectivity index (χ0v) is 13.4. The van der Waals surface area contributed by atoms with Gasteiger partial charge in [-0.25, -0.2) is 0 Å². The van der Waals surface area contributed by atoms with Crippen LogP contribution in [0.3, 0.4) is 0 Å². The zero-order valence-electron chi connectivity index (χ0n) is 12.5. The predicted octanol–water partition coefficient (Wildman–Crippen LogP) is 4.17. The second-order valence-electron chi connectivity index (χ2n) is 5.57. The van der Waals surface area contributed by atoms with Crippen LogP contribution < -0.4 is 5.16 Å². The van der Waals surface area contributed by atoms with E-state index >= 15 is 0 Å². The molecule has 5 heteroatoms. The van der Waals surface area contributed by atoms with Crippen LogP contribution in [0.2, 0.25) is 0 Å². The average Bonchev–Trinajstić information content (AvgIpc) is 2.61. The highest BCUT2D eigenvalue weighted by Crippen LogP contribution is 2.44. The molecule has 4 rings (SSSR count). The normalized spacial score (nSPS) is 12.0. The molecule has 0 saturated carbocycles. The van der Waals surface area contributed by atoms with Gasteiger partial charge in [0.05, 0.1) is 7.76 Å². The molecule has 118 valence electrons. The molecule has 0 bridgehead atoms. The van der Waals surface area contributed by atoms with Crippen LogP contribution >= 0.6 is 7.76 Å². The number of phenols is 2. The Kier molecular flexibility index (Phi) is 3.31. The number of hydrogen-bond donors (Lipinski definition) is 3. The predicted molar refractivity (Wildman–Crippen MR) is 96.8 cm³/mol. The molecular weight excluding hydrogens is 323 g/mol. The SMILES string of the molecule is O=c1c2ccccc2c2cccc(-c3cc(O)ccc3O)c2p1O. The standard InChI is InChI=1S/C19H13O4P/c20-11-8-9-17(21)16(10-11)14-7-3-6-13-12-4-1-2-5-15(12)19(22)24(23)18(13)14/h1-10,20-21,23H. The van der Waals surface area contributed by atoms with E-state index in [1.54, 1.807) is 18.2 Å². The lowest BCUT2D eigenvalue weighted by Gasteiger charge is -2.12. The first-order valence-corrected chi connectivity index (χ1v) is 8.65. The fraction of sp³-hybridized carbons (Fsp3) is 0. The molecule has 1 unspecified atom stereocenters. The summed E-state index contributed by atoms with van der Waals surface area (Å²) in [5.74, 6) is -0.0129. The number of phenolic OH excluding ortho intramolecular Hbond substituents is 2. The van der Waals surface area contributed by atoms with Crippen molar-refractivity contribution in [3.05, 3.63) is 70.6 Å². The Morgan fingerprint density at radius 1 is 0.750 bits per heavy atom. The van der Waals surface area contributed by atoms with Crippen molar-refractivity contribution >= 4 is 29.0 Å². The number of aromatic hydroxyl groups is 2. The number of hydrogen-bond acceptors (Lipinski definition) is 4. The van der Waals surface area contributed by atoms with Gasteiger partial charge in [0, 0.05) is 16.1 Å². The maximum absolute atomic E-state index is 12.6. The minimum absolute atomic E-state index is 0.00482. The lowest BCUT2D eigenvalue weighted by Crippen LogP contribution is -1.99. The molecule has 0 spiro atoms. The Morgan fingerprint density at radius 3 is 2.25 bits per heavy atom. The summed E-state index contributed by atoms with van der Waals surface area (Å²) < 4.78 is 0. The minimum atomic E-state index is -2.05. The summed E-state index contributed by atoms with van der Waals surface area (Å²) in [6, 6.07) is 16.8. The lowest BCUT2D eigenvalue weighted by atomic mass is 10.0. The largest absolute Gasteiger partial charge is 0.508 e. The quantitative estimate of drug-likeness (QED) is 0.360. The molecule has 3 N–H and O–H groups in total. The van der Waals surface area contributed by atoms with Crippen LogP contribution in [0.25, 0.3) is 32.4 Å². The fourth-order valence-corrected chi connectivity index (χ4v) is 4.54. The molecule has 4 nitrogen and oxygen atoms in total. The van der Waals surface area contributed by atoms with Gasteiger partial charge in [0.2, 0.25) is 5.16 Å². The van der Waals surface area contributed by atoms with Gasteiger partial charge in [-0.2, -0.15) is 0 Å². The van der Waals surface area contributed by atoms with E-state index in [9.17, 15) is 19.9 Å². The van der Waals surface area contributed by atoms with Crippen LogP contribution in [0.15, 0.2) is 65.5 Å². The highest BCUT2D eigenvalue weighted by Gasteiger charge is 2.16. The van der Waals surface area contributed by atoms with Gasteiger partial charge in [-0.3, -0.25) is 4.79 Å². The molecule has 1 heterocycles. The van der Waals surface area contributed by atoms with Gasteiger partial charge in [-0.05, 0) is 40.6 Å². The van der Waals surface area contributed by atoms with Crippen molar-refractivity contribution in [1.82, 2.24) is 0 Å². The van der Waals surface area contributed by atoms with Crippen molar-refractivity contribution < 1.29 is 15.1 Å². The molecular formula is C19H13O4P. The van der Waals surface area contributed by atoms with Crippen LogP contribution in [0.5, 0.6) is 11.5 Å². The molecule has 24 heavy (non-hydrogen) atoms.